The van der Waals surface area contributed by atoms with Crippen LogP contribution in [-0.4, -0.2) is 70.3 Å². The van der Waals surface area contributed by atoms with E-state index >= 15 is 0 Å². The minimum atomic E-state index is -0.480. The summed E-state index contributed by atoms with van der Waals surface area (Å²) in [4.78, 5) is 39.6. The summed E-state index contributed by atoms with van der Waals surface area (Å²) in [7, 11) is 0. The van der Waals surface area contributed by atoms with Gasteiger partial charge in [-0.3, -0.25) is 9.80 Å². The Bertz CT molecular complexity index is 1200. The zero-order chi connectivity index (χ0) is 28.4. The molecule has 5 rings (SSSR count). The van der Waals surface area contributed by atoms with Gasteiger partial charge < -0.3 is 19.7 Å². The predicted octanol–water partition coefficient (Wildman–Crippen LogP) is 5.52. The minimum absolute atomic E-state index is 0.0167. The van der Waals surface area contributed by atoms with Gasteiger partial charge in [-0.2, -0.15) is 4.98 Å². The lowest BCUT2D eigenvalue weighted by atomic mass is 9.96. The van der Waals surface area contributed by atoms with Crippen molar-refractivity contribution < 1.29 is 19.1 Å². The standard InChI is InChI=1S/C30H42N6O4/c1-6-36-26-24(19-39-29(36)38)18-31-27(33-26)32-20(2)22-9-11-23(12-10-22)25(17-21-7-8-21)34-13-15-35(16-14-34)28(37)40-30(3,4)5/h9-12,18,20-21,25H,6-8,13-17,19H2,1-5H3,(H,31,32,33)/t20-,25+/m0/s1. The number of ether oxygens (including phenoxy) is 2. The molecule has 10 nitrogen and oxygen atoms in total. The van der Waals surface area contributed by atoms with Gasteiger partial charge in [0.15, 0.2) is 0 Å². The van der Waals surface area contributed by atoms with Crippen LogP contribution in [0.3, 0.4) is 0 Å². The molecule has 2 aliphatic heterocycles. The number of carbonyl (C=O) groups excluding carboxylic acids is 2. The first-order valence-corrected chi connectivity index (χ1v) is 14.5. The summed E-state index contributed by atoms with van der Waals surface area (Å²) in [6.45, 7) is 13.4. The van der Waals surface area contributed by atoms with Gasteiger partial charge in [0.1, 0.15) is 18.0 Å². The van der Waals surface area contributed by atoms with Gasteiger partial charge in [-0.05, 0) is 58.1 Å². The summed E-state index contributed by atoms with van der Waals surface area (Å²) < 4.78 is 10.8. The Balaban J connectivity index is 1.23. The molecule has 0 spiro atoms. The van der Waals surface area contributed by atoms with E-state index in [9.17, 15) is 9.59 Å². The highest BCUT2D eigenvalue weighted by molar-refractivity contribution is 5.89. The van der Waals surface area contributed by atoms with Crippen LogP contribution >= 0.6 is 0 Å². The van der Waals surface area contributed by atoms with E-state index in [1.807, 2.05) is 32.6 Å². The number of aromatic nitrogens is 2. The number of amides is 2. The van der Waals surface area contributed by atoms with E-state index < -0.39 is 5.60 Å². The second kappa shape index (κ2) is 11.6. The Hall–Kier alpha value is -3.40. The third-order valence-corrected chi connectivity index (χ3v) is 7.81. The largest absolute Gasteiger partial charge is 0.444 e. The second-order valence-electron chi connectivity index (χ2n) is 12.1. The van der Waals surface area contributed by atoms with E-state index in [-0.39, 0.29) is 24.8 Å². The summed E-state index contributed by atoms with van der Waals surface area (Å²) in [5, 5.41) is 3.39. The van der Waals surface area contributed by atoms with Gasteiger partial charge in [0.25, 0.3) is 0 Å². The van der Waals surface area contributed by atoms with Crippen molar-refractivity contribution in [2.75, 3.05) is 42.9 Å². The number of anilines is 2. The molecule has 0 radical (unpaired) electrons. The van der Waals surface area contributed by atoms with Crippen molar-refractivity contribution in [1.29, 1.82) is 0 Å². The van der Waals surface area contributed by atoms with E-state index in [4.69, 9.17) is 9.47 Å². The first-order valence-electron chi connectivity index (χ1n) is 14.5. The van der Waals surface area contributed by atoms with E-state index in [0.29, 0.717) is 37.4 Å². The van der Waals surface area contributed by atoms with Gasteiger partial charge in [0.2, 0.25) is 5.95 Å². The fourth-order valence-electron chi connectivity index (χ4n) is 5.38. The molecule has 1 aliphatic carbocycles. The minimum Gasteiger partial charge on any atom is -0.444 e. The van der Waals surface area contributed by atoms with Gasteiger partial charge >= 0.3 is 12.2 Å². The summed E-state index contributed by atoms with van der Waals surface area (Å²) in [5.41, 5.74) is 2.77. The van der Waals surface area contributed by atoms with Gasteiger partial charge in [-0.25, -0.2) is 14.6 Å². The maximum atomic E-state index is 12.5. The quantitative estimate of drug-likeness (QED) is 0.459. The van der Waals surface area contributed by atoms with Crippen molar-refractivity contribution in [1.82, 2.24) is 19.8 Å². The monoisotopic (exact) mass is 550 g/mol. The number of hydrogen-bond donors (Lipinski definition) is 1. The second-order valence-corrected chi connectivity index (χ2v) is 12.1. The molecule has 2 amide bonds. The van der Waals surface area contributed by atoms with E-state index in [2.05, 4.69) is 51.4 Å². The fraction of sp³-hybridized carbons (Fsp3) is 0.600. The number of rotatable bonds is 8. The first-order chi connectivity index (χ1) is 19.1. The van der Waals surface area contributed by atoms with Crippen molar-refractivity contribution >= 4 is 24.0 Å². The van der Waals surface area contributed by atoms with E-state index in [1.54, 1.807) is 6.20 Å². The molecule has 10 heteroatoms. The van der Waals surface area contributed by atoms with Crippen LogP contribution in [0.2, 0.25) is 0 Å². The van der Waals surface area contributed by atoms with Crippen LogP contribution < -0.4 is 10.2 Å². The number of carbonyl (C=O) groups is 2. The molecular weight excluding hydrogens is 508 g/mol. The van der Waals surface area contributed by atoms with Crippen molar-refractivity contribution in [3.63, 3.8) is 0 Å². The van der Waals surface area contributed by atoms with Gasteiger partial charge in [0.05, 0.1) is 11.6 Å². The van der Waals surface area contributed by atoms with Crippen LogP contribution in [0.15, 0.2) is 30.5 Å². The highest BCUT2D eigenvalue weighted by Crippen LogP contribution is 2.40. The summed E-state index contributed by atoms with van der Waals surface area (Å²) in [6.07, 6.45) is 4.89. The number of benzene rings is 1. The molecule has 0 bridgehead atoms. The lowest BCUT2D eigenvalue weighted by molar-refractivity contribution is 0.00941. The third-order valence-electron chi connectivity index (χ3n) is 7.81. The molecule has 1 aromatic carbocycles. The maximum Gasteiger partial charge on any atom is 0.415 e. The van der Waals surface area contributed by atoms with Crippen LogP contribution in [0.25, 0.3) is 0 Å². The Morgan fingerprint density at radius 1 is 1.12 bits per heavy atom. The molecule has 40 heavy (non-hydrogen) atoms. The number of nitrogens with zero attached hydrogens (tertiary/aromatic N) is 5. The Labute approximate surface area is 237 Å². The molecule has 216 valence electrons. The topological polar surface area (TPSA) is 100 Å². The fourth-order valence-corrected chi connectivity index (χ4v) is 5.38. The molecule has 2 aromatic rings. The number of hydrogen-bond acceptors (Lipinski definition) is 8. The first kappa shape index (κ1) is 28.1. The SMILES string of the molecule is CCN1C(=O)OCc2cnc(N[C@@H](C)c3ccc([C@@H](CC4CC4)N4CCN(C(=O)OC(C)(C)C)CC4)cc3)nc21. The molecule has 3 aliphatic rings. The molecule has 2 fully saturated rings. The predicted molar refractivity (Wildman–Crippen MR) is 153 cm³/mol. The van der Waals surface area contributed by atoms with Crippen molar-refractivity contribution in [2.45, 2.75) is 78.2 Å². The number of nitrogens with one attached hydrogen (secondary N) is 1. The lowest BCUT2D eigenvalue weighted by Crippen LogP contribution is -2.50. The Morgan fingerprint density at radius 2 is 1.80 bits per heavy atom. The average molecular weight is 551 g/mol. The Morgan fingerprint density at radius 3 is 2.42 bits per heavy atom. The normalized spacial score (nSPS) is 19.5. The van der Waals surface area contributed by atoms with Crippen LogP contribution in [0.1, 0.15) is 82.7 Å². The van der Waals surface area contributed by atoms with Crippen LogP contribution in [0, 0.1) is 5.92 Å². The average Bonchev–Trinajstić information content (AvgIpc) is 3.75. The van der Waals surface area contributed by atoms with Crippen molar-refractivity contribution in [2.24, 2.45) is 5.92 Å². The van der Waals surface area contributed by atoms with Crippen LogP contribution in [0.4, 0.5) is 21.4 Å². The number of cyclic esters (lactones) is 1. The van der Waals surface area contributed by atoms with Gasteiger partial charge in [0, 0.05) is 45.0 Å². The van der Waals surface area contributed by atoms with Crippen molar-refractivity contribution in [3.05, 3.63) is 47.2 Å². The number of piperazine rings is 1. The van der Waals surface area contributed by atoms with Crippen LogP contribution in [-0.2, 0) is 16.1 Å². The van der Waals surface area contributed by atoms with Gasteiger partial charge in [-0.1, -0.05) is 37.1 Å². The summed E-state index contributed by atoms with van der Waals surface area (Å²) >= 11 is 0. The van der Waals surface area contributed by atoms with E-state index in [0.717, 1.165) is 36.6 Å². The number of fused-ring (bicyclic) bond motifs is 1. The molecule has 3 heterocycles. The molecule has 2 atom stereocenters. The van der Waals surface area contributed by atoms with Crippen molar-refractivity contribution in [3.8, 4) is 0 Å². The highest BCUT2D eigenvalue weighted by Gasteiger charge is 2.33. The summed E-state index contributed by atoms with van der Waals surface area (Å²) in [5.74, 6) is 1.88. The third kappa shape index (κ3) is 6.66. The highest BCUT2D eigenvalue weighted by atomic mass is 16.6. The zero-order valence-electron chi connectivity index (χ0n) is 24.4. The Kier molecular flexibility index (Phi) is 8.16. The molecule has 1 saturated carbocycles. The molecule has 0 unspecified atom stereocenters. The van der Waals surface area contributed by atoms with Gasteiger partial charge in [-0.15, -0.1) is 0 Å². The maximum absolute atomic E-state index is 12.5. The molecule has 1 N–H and O–H groups in total. The lowest BCUT2D eigenvalue weighted by Gasteiger charge is -2.40. The molecule has 1 saturated heterocycles. The summed E-state index contributed by atoms with van der Waals surface area (Å²) in [6, 6.07) is 9.16. The molecular formula is C30H42N6O4. The zero-order valence-corrected chi connectivity index (χ0v) is 24.4. The van der Waals surface area contributed by atoms with E-state index in [1.165, 1.54) is 23.3 Å². The molecule has 1 aromatic heterocycles. The smallest absolute Gasteiger partial charge is 0.415 e. The van der Waals surface area contributed by atoms with Crippen LogP contribution in [0.5, 0.6) is 0 Å².